The number of ether oxygens (including phenoxy) is 1. The molecule has 1 atom stereocenters. The van der Waals surface area contributed by atoms with Crippen LogP contribution >= 0.6 is 11.6 Å². The minimum Gasteiger partial charge on any atom is -0.504 e. The van der Waals surface area contributed by atoms with E-state index in [0.29, 0.717) is 22.9 Å². The Labute approximate surface area is 150 Å². The molecule has 1 aliphatic rings. The molecule has 1 unspecified atom stereocenters. The number of hydrogen-bond donors (Lipinski definition) is 3. The first-order chi connectivity index (χ1) is 12.0. The molecule has 4 N–H and O–H groups in total. The Morgan fingerprint density at radius 2 is 2.12 bits per heavy atom. The number of nitrogens with zero attached hydrogens (tertiary/aromatic N) is 1. The quantitative estimate of drug-likeness (QED) is 0.773. The molecule has 3 rings (SSSR count). The molecule has 6 nitrogen and oxygen atoms in total. The highest BCUT2D eigenvalue weighted by Crippen LogP contribution is 2.38. The largest absolute Gasteiger partial charge is 0.504 e. The van der Waals surface area contributed by atoms with E-state index >= 15 is 0 Å². The predicted molar refractivity (Wildman–Crippen MR) is 94.5 cm³/mol. The Morgan fingerprint density at radius 1 is 1.32 bits per heavy atom. The monoisotopic (exact) mass is 362 g/mol. The average Bonchev–Trinajstić information content (AvgIpc) is 2.83. The molecule has 0 saturated heterocycles. The van der Waals surface area contributed by atoms with E-state index in [1.165, 1.54) is 4.90 Å². The molecule has 0 aliphatic carbocycles. The molecule has 25 heavy (non-hydrogen) atoms. The molecule has 1 amide bonds. The molecule has 1 aliphatic heterocycles. The Morgan fingerprint density at radius 3 is 2.84 bits per heavy atom. The summed E-state index contributed by atoms with van der Waals surface area (Å²) < 4.78 is 5.60. The molecule has 0 spiro atoms. The highest BCUT2D eigenvalue weighted by molar-refractivity contribution is 6.30. The zero-order valence-corrected chi connectivity index (χ0v) is 14.2. The van der Waals surface area contributed by atoms with Gasteiger partial charge in [-0.25, -0.2) is 0 Å². The van der Waals surface area contributed by atoms with Gasteiger partial charge in [0.05, 0.1) is 6.54 Å². The smallest absolute Gasteiger partial charge is 0.253 e. The van der Waals surface area contributed by atoms with Crippen molar-refractivity contribution in [2.24, 2.45) is 5.73 Å². The fourth-order valence-electron chi connectivity index (χ4n) is 2.83. The number of phenols is 1. The summed E-state index contributed by atoms with van der Waals surface area (Å²) in [7, 11) is 0. The standard InChI is InChI=1S/C18H19ClN2O4/c19-14-3-1-2-11(7-14)12-6-13-10-21(18(24)16(23)9-20)4-5-25-17(13)15(22)8-12/h1-3,6-8,16,22-23H,4-5,9-10,20H2. The summed E-state index contributed by atoms with van der Waals surface area (Å²) in [5, 5.41) is 20.6. The first-order valence-corrected chi connectivity index (χ1v) is 8.29. The number of aliphatic hydroxyl groups is 1. The van der Waals surface area contributed by atoms with Crippen molar-refractivity contribution < 1.29 is 19.7 Å². The van der Waals surface area contributed by atoms with Crippen molar-refractivity contribution in [2.45, 2.75) is 12.6 Å². The van der Waals surface area contributed by atoms with Gasteiger partial charge in [-0.15, -0.1) is 0 Å². The van der Waals surface area contributed by atoms with Gasteiger partial charge in [-0.05, 0) is 35.4 Å². The summed E-state index contributed by atoms with van der Waals surface area (Å²) >= 11 is 6.04. The van der Waals surface area contributed by atoms with Gasteiger partial charge in [-0.1, -0.05) is 23.7 Å². The van der Waals surface area contributed by atoms with E-state index < -0.39 is 12.0 Å². The number of carbonyl (C=O) groups is 1. The van der Waals surface area contributed by atoms with Crippen LogP contribution in [0.5, 0.6) is 11.5 Å². The van der Waals surface area contributed by atoms with Crippen LogP contribution in [-0.4, -0.2) is 46.8 Å². The molecular formula is C18H19ClN2O4. The molecule has 0 saturated carbocycles. The van der Waals surface area contributed by atoms with Gasteiger partial charge in [-0.2, -0.15) is 0 Å². The van der Waals surface area contributed by atoms with Gasteiger partial charge in [0.25, 0.3) is 5.91 Å². The third kappa shape index (κ3) is 3.71. The third-order valence-electron chi connectivity index (χ3n) is 4.09. The number of hydrogen-bond acceptors (Lipinski definition) is 5. The predicted octanol–water partition coefficient (Wildman–Crippen LogP) is 1.75. The van der Waals surface area contributed by atoms with E-state index in [0.717, 1.165) is 11.1 Å². The number of aromatic hydroxyl groups is 1. The Bertz CT molecular complexity index is 797. The van der Waals surface area contributed by atoms with Crippen molar-refractivity contribution in [3.63, 3.8) is 0 Å². The maximum Gasteiger partial charge on any atom is 0.253 e. The van der Waals surface area contributed by atoms with Crippen LogP contribution in [0.1, 0.15) is 5.56 Å². The second-order valence-corrected chi connectivity index (χ2v) is 6.29. The van der Waals surface area contributed by atoms with E-state index in [1.807, 2.05) is 18.2 Å². The fourth-order valence-corrected chi connectivity index (χ4v) is 3.02. The second-order valence-electron chi connectivity index (χ2n) is 5.85. The molecule has 0 aromatic heterocycles. The van der Waals surface area contributed by atoms with Crippen molar-refractivity contribution in [1.82, 2.24) is 4.90 Å². The van der Waals surface area contributed by atoms with E-state index in [4.69, 9.17) is 22.1 Å². The van der Waals surface area contributed by atoms with Gasteiger partial charge in [0.15, 0.2) is 11.5 Å². The van der Waals surface area contributed by atoms with E-state index in [9.17, 15) is 15.0 Å². The Hall–Kier alpha value is -2.28. The molecule has 132 valence electrons. The topological polar surface area (TPSA) is 96.0 Å². The van der Waals surface area contributed by atoms with Crippen molar-refractivity contribution in [1.29, 1.82) is 0 Å². The maximum atomic E-state index is 12.2. The van der Waals surface area contributed by atoms with Crippen molar-refractivity contribution in [3.8, 4) is 22.6 Å². The first kappa shape index (κ1) is 17.5. The molecule has 2 aromatic rings. The Balaban J connectivity index is 1.98. The number of fused-ring (bicyclic) bond motifs is 1. The number of rotatable bonds is 3. The lowest BCUT2D eigenvalue weighted by Gasteiger charge is -2.22. The van der Waals surface area contributed by atoms with Crippen LogP contribution in [0.15, 0.2) is 36.4 Å². The Kier molecular flexibility index (Phi) is 5.13. The van der Waals surface area contributed by atoms with Gasteiger partial charge < -0.3 is 25.6 Å². The number of phenolic OH excluding ortho intramolecular Hbond substituents is 1. The molecule has 7 heteroatoms. The number of benzene rings is 2. The van der Waals surface area contributed by atoms with Crippen LogP contribution in [0.25, 0.3) is 11.1 Å². The normalized spacial score (nSPS) is 15.1. The molecule has 0 radical (unpaired) electrons. The number of nitrogens with two attached hydrogens (primary N) is 1. The summed E-state index contributed by atoms with van der Waals surface area (Å²) in [5.41, 5.74) is 7.63. The number of aliphatic hydroxyl groups excluding tert-OH is 1. The zero-order valence-electron chi connectivity index (χ0n) is 13.5. The van der Waals surface area contributed by atoms with Crippen LogP contribution in [0.2, 0.25) is 5.02 Å². The summed E-state index contributed by atoms with van der Waals surface area (Å²) in [6.07, 6.45) is -1.24. The number of amides is 1. The third-order valence-corrected chi connectivity index (χ3v) is 4.33. The summed E-state index contributed by atoms with van der Waals surface area (Å²) in [5.74, 6) is -0.101. The summed E-state index contributed by atoms with van der Waals surface area (Å²) in [4.78, 5) is 13.7. The van der Waals surface area contributed by atoms with Crippen molar-refractivity contribution in [2.75, 3.05) is 19.7 Å². The summed E-state index contributed by atoms with van der Waals surface area (Å²) in [6, 6.07) is 10.7. The number of carbonyl (C=O) groups excluding carboxylic acids is 1. The molecule has 1 heterocycles. The van der Waals surface area contributed by atoms with Gasteiger partial charge in [0.1, 0.15) is 12.7 Å². The van der Waals surface area contributed by atoms with Crippen molar-refractivity contribution >= 4 is 17.5 Å². The van der Waals surface area contributed by atoms with Crippen LogP contribution in [-0.2, 0) is 11.3 Å². The highest BCUT2D eigenvalue weighted by Gasteiger charge is 2.26. The van der Waals surface area contributed by atoms with Gasteiger partial charge in [0.2, 0.25) is 0 Å². The molecule has 0 bridgehead atoms. The van der Waals surface area contributed by atoms with E-state index in [1.54, 1.807) is 18.2 Å². The summed E-state index contributed by atoms with van der Waals surface area (Å²) in [6.45, 7) is 0.598. The zero-order chi connectivity index (χ0) is 18.0. The lowest BCUT2D eigenvalue weighted by atomic mass is 10.0. The molecular weight excluding hydrogens is 344 g/mol. The van der Waals surface area contributed by atoms with Crippen LogP contribution in [0, 0.1) is 0 Å². The minimum absolute atomic E-state index is 0.00106. The van der Waals surface area contributed by atoms with Crippen molar-refractivity contribution in [3.05, 3.63) is 47.0 Å². The minimum atomic E-state index is -1.24. The lowest BCUT2D eigenvalue weighted by Crippen LogP contribution is -2.43. The highest BCUT2D eigenvalue weighted by atomic mass is 35.5. The molecule has 2 aromatic carbocycles. The van der Waals surface area contributed by atoms with Gasteiger partial charge in [-0.3, -0.25) is 4.79 Å². The SMILES string of the molecule is NCC(O)C(=O)N1CCOc2c(O)cc(-c3cccc(Cl)c3)cc2C1. The maximum absolute atomic E-state index is 12.2. The second kappa shape index (κ2) is 7.31. The fraction of sp³-hybridized carbons (Fsp3) is 0.278. The van der Waals surface area contributed by atoms with Gasteiger partial charge in [0, 0.05) is 23.7 Å². The van der Waals surface area contributed by atoms with Crippen LogP contribution in [0.4, 0.5) is 0 Å². The number of halogens is 1. The molecule has 0 fully saturated rings. The van der Waals surface area contributed by atoms with Gasteiger partial charge >= 0.3 is 0 Å². The van der Waals surface area contributed by atoms with Crippen LogP contribution < -0.4 is 10.5 Å². The average molecular weight is 363 g/mol. The lowest BCUT2D eigenvalue weighted by molar-refractivity contribution is -0.140. The van der Waals surface area contributed by atoms with E-state index in [-0.39, 0.29) is 25.4 Å². The van der Waals surface area contributed by atoms with Crippen LogP contribution in [0.3, 0.4) is 0 Å². The van der Waals surface area contributed by atoms with E-state index in [2.05, 4.69) is 0 Å². The first-order valence-electron chi connectivity index (χ1n) is 7.91.